The highest BCUT2D eigenvalue weighted by atomic mass is 31.2. The largest absolute Gasteiger partial charge is 0.472 e. The fourth-order valence-corrected chi connectivity index (χ4v) is 10.5. The Bertz CT molecular complexity index is 1850. The fourth-order valence-electron chi connectivity index (χ4n) is 9.72. The molecule has 0 aliphatic carbocycles. The average Bonchev–Trinajstić information content (AvgIpc) is 3.49. The van der Waals surface area contributed by atoms with Gasteiger partial charge in [0.05, 0.1) is 39.9 Å². The maximum Gasteiger partial charge on any atom is 0.472 e. The van der Waals surface area contributed by atoms with Crippen molar-refractivity contribution in [3.8, 4) is 0 Å². The molecule has 1 amide bonds. The molecule has 0 aromatic rings. The van der Waals surface area contributed by atoms with Gasteiger partial charge in [-0.1, -0.05) is 321 Å². The minimum atomic E-state index is -4.36. The zero-order valence-electron chi connectivity index (χ0n) is 55.8. The van der Waals surface area contributed by atoms with Crippen LogP contribution >= 0.6 is 7.82 Å². The molecule has 3 N–H and O–H groups in total. The van der Waals surface area contributed by atoms with Crippen LogP contribution in [0.2, 0.25) is 0 Å². The molecule has 3 atom stereocenters. The van der Waals surface area contributed by atoms with E-state index >= 15 is 0 Å². The average molecular weight is 1200 g/mol. The lowest BCUT2D eigenvalue weighted by Gasteiger charge is -2.25. The third kappa shape index (κ3) is 68.0. The lowest BCUT2D eigenvalue weighted by atomic mass is 10.0. The number of amides is 1. The number of carbonyl (C=O) groups excluding carboxylic acids is 1. The Hall–Kier alpha value is -3.36. The fraction of sp³-hybridized carbons (Fsp3) is 0.697. The topological polar surface area (TPSA) is 105 Å². The van der Waals surface area contributed by atoms with E-state index < -0.39 is 20.0 Å². The van der Waals surface area contributed by atoms with E-state index in [0.717, 1.165) is 116 Å². The summed E-state index contributed by atoms with van der Waals surface area (Å²) in [5, 5.41) is 14.0. The van der Waals surface area contributed by atoms with Gasteiger partial charge < -0.3 is 19.8 Å². The number of phosphoric ester groups is 1. The van der Waals surface area contributed by atoms with Crippen molar-refractivity contribution in [2.24, 2.45) is 0 Å². The molecule has 0 saturated carbocycles. The van der Waals surface area contributed by atoms with Crippen LogP contribution in [0.15, 0.2) is 134 Å². The van der Waals surface area contributed by atoms with Gasteiger partial charge in [0, 0.05) is 6.42 Å². The first kappa shape index (κ1) is 81.6. The molecule has 0 heterocycles. The second kappa shape index (κ2) is 65.1. The van der Waals surface area contributed by atoms with Crippen molar-refractivity contribution in [3.63, 3.8) is 0 Å². The van der Waals surface area contributed by atoms with Gasteiger partial charge >= 0.3 is 7.82 Å². The van der Waals surface area contributed by atoms with E-state index in [9.17, 15) is 19.4 Å². The summed E-state index contributed by atoms with van der Waals surface area (Å²) in [6.45, 7) is 4.71. The molecule has 0 aromatic carbocycles. The van der Waals surface area contributed by atoms with Crippen LogP contribution in [-0.4, -0.2) is 73.4 Å². The van der Waals surface area contributed by atoms with Gasteiger partial charge in [-0.15, -0.1) is 0 Å². The third-order valence-corrected chi connectivity index (χ3v) is 16.1. The Morgan fingerprint density at radius 3 is 1.04 bits per heavy atom. The molecule has 3 unspecified atom stereocenters. The van der Waals surface area contributed by atoms with Crippen molar-refractivity contribution in [3.05, 3.63) is 134 Å². The van der Waals surface area contributed by atoms with E-state index in [1.165, 1.54) is 154 Å². The minimum Gasteiger partial charge on any atom is -0.387 e. The number of likely N-dealkylation sites (N-methyl/N-ethyl adjacent to an activating group) is 1. The van der Waals surface area contributed by atoms with E-state index in [4.69, 9.17) is 9.05 Å². The van der Waals surface area contributed by atoms with Crippen LogP contribution in [0.5, 0.6) is 0 Å². The number of nitrogens with one attached hydrogen (secondary N) is 1. The second-order valence-electron chi connectivity index (χ2n) is 24.5. The van der Waals surface area contributed by atoms with E-state index in [0.29, 0.717) is 17.4 Å². The first-order chi connectivity index (χ1) is 41.5. The predicted molar refractivity (Wildman–Crippen MR) is 373 cm³/mol. The third-order valence-electron chi connectivity index (χ3n) is 15.1. The molecular formula is C76H134N2O6P+. The Labute approximate surface area is 526 Å². The number of aliphatic hydroxyl groups is 1. The summed E-state index contributed by atoms with van der Waals surface area (Å²) in [6.07, 6.45) is 98.7. The van der Waals surface area contributed by atoms with Gasteiger partial charge in [-0.2, -0.15) is 0 Å². The van der Waals surface area contributed by atoms with Gasteiger partial charge in [0.1, 0.15) is 13.2 Å². The standard InChI is InChI=1S/C76H133N2O6P/c1-6-8-10-12-14-16-18-20-22-24-26-28-30-32-33-34-35-36-37-38-39-40-41-42-43-44-45-46-48-50-52-54-56-58-60-62-64-66-68-70-76(80)77-74(73-84-85(81,82)83-72-71-78(3,4)5)75(79)69-67-65-63-61-59-57-55-53-51-49-47-31-29-27-25-23-21-19-17-15-13-11-9-7-2/h8,10,14,16,20,22,26,28,32-33,35-36,38-39,41-42,44-45,48,50,67,69,74-75,79H,6-7,9,11-13,15,17-19,21,23-25,27,29-31,34,37,40,43,46-47,49,51-66,68,70-73H2,1-5H3,(H-,77,80,81,82)/p+1/b10-8-,16-14-,22-20-,28-26-,33-32-,36-35-,39-38-,42-41-,45-44-,50-48-,69-67+. The number of unbranched alkanes of at least 4 members (excludes halogenated alkanes) is 30. The van der Waals surface area contributed by atoms with E-state index in [2.05, 4.69) is 141 Å². The Morgan fingerprint density at radius 1 is 0.412 bits per heavy atom. The summed E-state index contributed by atoms with van der Waals surface area (Å²) in [5.41, 5.74) is 0. The van der Waals surface area contributed by atoms with Gasteiger partial charge in [0.25, 0.3) is 0 Å². The minimum absolute atomic E-state index is 0.0540. The van der Waals surface area contributed by atoms with Crippen LogP contribution in [-0.2, 0) is 18.4 Å². The quantitative estimate of drug-likeness (QED) is 0.0243. The molecule has 8 nitrogen and oxygen atoms in total. The maximum absolute atomic E-state index is 13.1. The van der Waals surface area contributed by atoms with Crippen molar-refractivity contribution in [2.75, 3.05) is 40.9 Å². The summed E-state index contributed by atoms with van der Waals surface area (Å²) in [4.78, 5) is 23.4. The summed E-state index contributed by atoms with van der Waals surface area (Å²) in [7, 11) is 1.56. The SMILES string of the molecule is CC/C=C\C/C=C\C/C=C\C/C=C\C/C=C\C/C=C\C/C=C\C/C=C\C/C=C\C/C=C\CCCCCCCCCCC(=O)NC(COP(=O)(O)OCC[N+](C)(C)C)C(O)/C=C/CCCCCCCCCCCCCCCCCCCCCCCC. The monoisotopic (exact) mass is 1200 g/mol. The number of quaternary nitrogens is 1. The molecule has 0 aliphatic rings. The van der Waals surface area contributed by atoms with Crippen LogP contribution in [0, 0.1) is 0 Å². The zero-order chi connectivity index (χ0) is 61.9. The van der Waals surface area contributed by atoms with E-state index in [1.807, 2.05) is 27.2 Å². The first-order valence-electron chi connectivity index (χ1n) is 35.1. The normalized spacial score (nSPS) is 14.5. The van der Waals surface area contributed by atoms with Gasteiger partial charge in [-0.3, -0.25) is 13.8 Å². The number of rotatable bonds is 63. The molecule has 0 spiro atoms. The molecule has 0 aliphatic heterocycles. The number of hydrogen-bond donors (Lipinski definition) is 3. The number of allylic oxidation sites excluding steroid dienone is 21. The highest BCUT2D eigenvalue weighted by Gasteiger charge is 2.28. The number of hydrogen-bond acceptors (Lipinski definition) is 5. The van der Waals surface area contributed by atoms with Crippen molar-refractivity contribution in [1.82, 2.24) is 5.32 Å². The van der Waals surface area contributed by atoms with Gasteiger partial charge in [0.2, 0.25) is 5.91 Å². The number of aliphatic hydroxyl groups excluding tert-OH is 1. The molecule has 0 rings (SSSR count). The zero-order valence-corrected chi connectivity index (χ0v) is 56.7. The summed E-state index contributed by atoms with van der Waals surface area (Å²) in [6, 6.07) is -0.862. The lowest BCUT2D eigenvalue weighted by molar-refractivity contribution is -0.870. The van der Waals surface area contributed by atoms with Crippen molar-refractivity contribution < 1.29 is 32.9 Å². The molecule has 0 fully saturated rings. The van der Waals surface area contributed by atoms with Crippen LogP contribution in [0.1, 0.15) is 290 Å². The maximum atomic E-state index is 13.1. The molecule has 488 valence electrons. The number of carbonyl (C=O) groups is 1. The van der Waals surface area contributed by atoms with Crippen molar-refractivity contribution in [2.45, 2.75) is 302 Å². The van der Waals surface area contributed by atoms with E-state index in [-0.39, 0.29) is 19.1 Å². The Balaban J connectivity index is 4.15. The number of phosphoric acid groups is 1. The summed E-state index contributed by atoms with van der Waals surface area (Å²) >= 11 is 0. The molecule has 0 saturated heterocycles. The summed E-state index contributed by atoms with van der Waals surface area (Å²) in [5.74, 6) is -0.188. The van der Waals surface area contributed by atoms with Gasteiger partial charge in [-0.25, -0.2) is 4.57 Å². The van der Waals surface area contributed by atoms with Crippen LogP contribution in [0.3, 0.4) is 0 Å². The van der Waals surface area contributed by atoms with Crippen LogP contribution < -0.4 is 5.32 Å². The second-order valence-corrected chi connectivity index (χ2v) is 26.0. The molecule has 85 heavy (non-hydrogen) atoms. The lowest BCUT2D eigenvalue weighted by Crippen LogP contribution is -2.45. The highest BCUT2D eigenvalue weighted by molar-refractivity contribution is 7.47. The summed E-state index contributed by atoms with van der Waals surface area (Å²) < 4.78 is 23.8. The molecule has 0 radical (unpaired) electrons. The molecular weight excluding hydrogens is 1070 g/mol. The van der Waals surface area contributed by atoms with Crippen molar-refractivity contribution in [1.29, 1.82) is 0 Å². The first-order valence-corrected chi connectivity index (χ1v) is 36.6. The van der Waals surface area contributed by atoms with Crippen LogP contribution in [0.4, 0.5) is 0 Å². The highest BCUT2D eigenvalue weighted by Crippen LogP contribution is 2.43. The molecule has 0 bridgehead atoms. The van der Waals surface area contributed by atoms with E-state index in [1.54, 1.807) is 6.08 Å². The van der Waals surface area contributed by atoms with Gasteiger partial charge in [-0.05, 0) is 96.3 Å². The predicted octanol–water partition coefficient (Wildman–Crippen LogP) is 22.6. The smallest absolute Gasteiger partial charge is 0.387 e. The van der Waals surface area contributed by atoms with Gasteiger partial charge in [0.15, 0.2) is 0 Å². The van der Waals surface area contributed by atoms with Crippen LogP contribution in [0.25, 0.3) is 0 Å². The molecule has 0 aromatic heterocycles. The Morgan fingerprint density at radius 2 is 0.706 bits per heavy atom. The van der Waals surface area contributed by atoms with Crippen molar-refractivity contribution >= 4 is 13.7 Å². The molecule has 9 heteroatoms. The Kier molecular flexibility index (Phi) is 62.5. The number of nitrogens with zero attached hydrogens (tertiary/aromatic N) is 1.